The molecule has 0 aliphatic carbocycles. The first-order chi connectivity index (χ1) is 15.9. The molecule has 1 N–H and O–H groups in total. The Morgan fingerprint density at radius 3 is 2.61 bits per heavy atom. The van der Waals surface area contributed by atoms with E-state index in [0.29, 0.717) is 0 Å². The van der Waals surface area contributed by atoms with Gasteiger partial charge in [0.2, 0.25) is 5.91 Å². The lowest BCUT2D eigenvalue weighted by atomic mass is 10.1. The highest BCUT2D eigenvalue weighted by Gasteiger charge is 2.22. The monoisotopic (exact) mass is 480 g/mol. The molecule has 0 saturated carbocycles. The molecule has 0 fully saturated rings. The Hall–Kier alpha value is -2.91. The number of carbonyl (C=O) groups is 1. The number of thiophene rings is 1. The van der Waals surface area contributed by atoms with Crippen molar-refractivity contribution in [1.29, 1.82) is 0 Å². The maximum Gasteiger partial charge on any atom is 0.237 e. The second-order valence-electron chi connectivity index (χ2n) is 7.96. The van der Waals surface area contributed by atoms with Gasteiger partial charge in [0, 0.05) is 24.9 Å². The molecule has 1 atom stereocenters. The molecule has 0 aliphatic rings. The molecular formula is C24H28N6OS2. The van der Waals surface area contributed by atoms with E-state index in [1.165, 1.54) is 22.2 Å². The van der Waals surface area contributed by atoms with Gasteiger partial charge in [-0.25, -0.2) is 0 Å². The third-order valence-corrected chi connectivity index (χ3v) is 7.54. The van der Waals surface area contributed by atoms with Crippen LogP contribution in [0.3, 0.4) is 0 Å². The molecule has 7 nitrogen and oxygen atoms in total. The Morgan fingerprint density at radius 2 is 1.94 bits per heavy atom. The van der Waals surface area contributed by atoms with Gasteiger partial charge in [0.1, 0.15) is 5.82 Å². The summed E-state index contributed by atoms with van der Waals surface area (Å²) in [5, 5.41) is 18.9. The number of hydrogen-bond donors (Lipinski definition) is 1. The average Bonchev–Trinajstić information content (AvgIpc) is 3.51. The van der Waals surface area contributed by atoms with Crippen LogP contribution in [0.15, 0.2) is 53.0 Å². The van der Waals surface area contributed by atoms with E-state index >= 15 is 0 Å². The summed E-state index contributed by atoms with van der Waals surface area (Å²) in [5.41, 5.74) is 3.78. The minimum Gasteiger partial charge on any atom is -0.322 e. The molecule has 1 amide bonds. The Labute approximate surface area is 202 Å². The van der Waals surface area contributed by atoms with Gasteiger partial charge in [-0.2, -0.15) is 5.10 Å². The number of benzene rings is 1. The van der Waals surface area contributed by atoms with Gasteiger partial charge in [0.05, 0.1) is 22.3 Å². The highest BCUT2D eigenvalue weighted by atomic mass is 32.2. The molecule has 172 valence electrons. The quantitative estimate of drug-likeness (QED) is 0.353. The second kappa shape index (κ2) is 10.4. The summed E-state index contributed by atoms with van der Waals surface area (Å²) in [5.74, 6) is 0.846. The van der Waals surface area contributed by atoms with E-state index < -0.39 is 0 Å². The van der Waals surface area contributed by atoms with Crippen LogP contribution in [0.1, 0.15) is 34.6 Å². The number of nitrogens with zero attached hydrogens (tertiary/aromatic N) is 5. The van der Waals surface area contributed by atoms with E-state index in [1.54, 1.807) is 16.0 Å². The number of thioether (sulfide) groups is 1. The zero-order chi connectivity index (χ0) is 23.4. The second-order valence-corrected chi connectivity index (χ2v) is 10.3. The molecule has 0 saturated heterocycles. The van der Waals surface area contributed by atoms with Crippen molar-refractivity contribution < 1.29 is 4.79 Å². The van der Waals surface area contributed by atoms with Crippen molar-refractivity contribution in [2.45, 2.75) is 50.6 Å². The highest BCUT2D eigenvalue weighted by molar-refractivity contribution is 8.00. The Morgan fingerprint density at radius 1 is 1.15 bits per heavy atom. The molecule has 0 spiro atoms. The molecule has 1 aromatic carbocycles. The summed E-state index contributed by atoms with van der Waals surface area (Å²) < 4.78 is 3.93. The van der Waals surface area contributed by atoms with Crippen LogP contribution in [0.4, 0.5) is 5.69 Å². The fraction of sp³-hybridized carbons (Fsp3) is 0.333. The maximum atomic E-state index is 13.0. The average molecular weight is 481 g/mol. The van der Waals surface area contributed by atoms with Crippen molar-refractivity contribution in [3.63, 3.8) is 0 Å². The first kappa shape index (κ1) is 23.3. The summed E-state index contributed by atoms with van der Waals surface area (Å²) in [6.45, 7) is 6.51. The lowest BCUT2D eigenvalue weighted by molar-refractivity contribution is -0.115. The molecular weight excluding hydrogens is 452 g/mol. The van der Waals surface area contributed by atoms with E-state index in [0.717, 1.165) is 47.4 Å². The number of nitrogens with one attached hydrogen (secondary N) is 1. The van der Waals surface area contributed by atoms with Gasteiger partial charge >= 0.3 is 0 Å². The van der Waals surface area contributed by atoms with Gasteiger partial charge in [-0.1, -0.05) is 48.2 Å². The first-order valence-electron chi connectivity index (χ1n) is 10.9. The van der Waals surface area contributed by atoms with Gasteiger partial charge in [0.25, 0.3) is 0 Å². The lowest BCUT2D eigenvalue weighted by Crippen LogP contribution is -2.23. The van der Waals surface area contributed by atoms with Gasteiger partial charge in [-0.05, 0) is 44.2 Å². The van der Waals surface area contributed by atoms with Crippen molar-refractivity contribution in [2.24, 2.45) is 7.05 Å². The Bertz CT molecular complexity index is 1210. The molecule has 3 aromatic heterocycles. The Balaban J connectivity index is 1.51. The normalized spacial score (nSPS) is 12.1. The fourth-order valence-electron chi connectivity index (χ4n) is 3.61. The van der Waals surface area contributed by atoms with Crippen molar-refractivity contribution in [2.75, 3.05) is 5.32 Å². The van der Waals surface area contributed by atoms with Crippen molar-refractivity contribution in [3.8, 4) is 0 Å². The number of hydrogen-bond acceptors (Lipinski definition) is 6. The molecule has 9 heteroatoms. The number of rotatable bonds is 9. The van der Waals surface area contributed by atoms with Crippen molar-refractivity contribution in [1.82, 2.24) is 24.5 Å². The van der Waals surface area contributed by atoms with Crippen LogP contribution >= 0.6 is 23.1 Å². The van der Waals surface area contributed by atoms with Gasteiger partial charge in [-0.15, -0.1) is 21.5 Å². The predicted molar refractivity (Wildman–Crippen MR) is 134 cm³/mol. The van der Waals surface area contributed by atoms with Gasteiger partial charge < -0.3 is 9.88 Å². The molecule has 0 bridgehead atoms. The Kier molecular flexibility index (Phi) is 7.29. The molecule has 4 rings (SSSR count). The highest BCUT2D eigenvalue weighted by Crippen LogP contribution is 2.26. The fourth-order valence-corrected chi connectivity index (χ4v) is 5.20. The summed E-state index contributed by atoms with van der Waals surface area (Å²) in [6, 6.07) is 14.6. The molecule has 0 aliphatic heterocycles. The predicted octanol–water partition coefficient (Wildman–Crippen LogP) is 4.64. The van der Waals surface area contributed by atoms with Crippen LogP contribution < -0.4 is 5.32 Å². The standard InChI is InChI=1S/C24H28N6OS2/c1-16-22(17(2)29(4)28-16)25-23(31)18(3)33-24-27-26-21(15-20-11-8-14-32-20)30(24)13-12-19-9-6-5-7-10-19/h5-11,14,18H,12-13,15H2,1-4H3,(H,25,31)/t18-/m0/s1. The SMILES string of the molecule is Cc1nn(C)c(C)c1NC(=O)[C@H](C)Sc1nnc(Cc2cccs2)n1CCc1ccccc1. The number of aryl methyl sites for hydroxylation is 3. The van der Waals surface area contributed by atoms with E-state index in [2.05, 4.69) is 67.0 Å². The van der Waals surface area contributed by atoms with E-state index in [1.807, 2.05) is 33.9 Å². The summed E-state index contributed by atoms with van der Waals surface area (Å²) in [4.78, 5) is 14.2. The molecule has 4 aromatic rings. The van der Waals surface area contributed by atoms with Crippen LogP contribution in [-0.4, -0.2) is 35.7 Å². The van der Waals surface area contributed by atoms with E-state index in [-0.39, 0.29) is 11.2 Å². The van der Waals surface area contributed by atoms with Crippen molar-refractivity contribution in [3.05, 3.63) is 75.5 Å². The molecule has 3 heterocycles. The van der Waals surface area contributed by atoms with Crippen LogP contribution in [-0.2, 0) is 31.2 Å². The minimum absolute atomic E-state index is 0.0726. The topological polar surface area (TPSA) is 77.6 Å². The number of carbonyl (C=O) groups excluding carboxylic acids is 1. The summed E-state index contributed by atoms with van der Waals surface area (Å²) in [7, 11) is 1.88. The number of aromatic nitrogens is 5. The minimum atomic E-state index is -0.335. The van der Waals surface area contributed by atoms with E-state index in [4.69, 9.17) is 0 Å². The first-order valence-corrected chi connectivity index (χ1v) is 12.6. The zero-order valence-electron chi connectivity index (χ0n) is 19.3. The third-order valence-electron chi connectivity index (χ3n) is 5.58. The van der Waals surface area contributed by atoms with Crippen LogP contribution in [0, 0.1) is 13.8 Å². The molecule has 33 heavy (non-hydrogen) atoms. The lowest BCUT2D eigenvalue weighted by Gasteiger charge is -2.14. The van der Waals surface area contributed by atoms with Crippen molar-refractivity contribution >= 4 is 34.7 Å². The smallest absolute Gasteiger partial charge is 0.237 e. The third kappa shape index (κ3) is 5.54. The van der Waals surface area contributed by atoms with Crippen LogP contribution in [0.25, 0.3) is 0 Å². The molecule has 0 radical (unpaired) electrons. The van der Waals surface area contributed by atoms with Crippen LogP contribution in [0.5, 0.6) is 0 Å². The van der Waals surface area contributed by atoms with E-state index in [9.17, 15) is 4.79 Å². The zero-order valence-corrected chi connectivity index (χ0v) is 20.9. The number of amides is 1. The number of anilines is 1. The van der Waals surface area contributed by atoms with Gasteiger partial charge in [-0.3, -0.25) is 9.48 Å². The van der Waals surface area contributed by atoms with Crippen LogP contribution in [0.2, 0.25) is 0 Å². The summed E-state index contributed by atoms with van der Waals surface area (Å²) >= 11 is 3.15. The summed E-state index contributed by atoms with van der Waals surface area (Å²) in [6.07, 6.45) is 1.60. The van der Waals surface area contributed by atoms with Gasteiger partial charge in [0.15, 0.2) is 5.16 Å². The largest absolute Gasteiger partial charge is 0.322 e. The molecule has 0 unspecified atom stereocenters. The maximum absolute atomic E-state index is 13.0.